The number of amides is 1. The van der Waals surface area contributed by atoms with E-state index in [0.29, 0.717) is 23.5 Å². The van der Waals surface area contributed by atoms with Gasteiger partial charge in [-0.15, -0.1) is 11.3 Å². The fraction of sp³-hybridized carbons (Fsp3) is 0.231. The minimum absolute atomic E-state index is 0.0732. The quantitative estimate of drug-likeness (QED) is 0.291. The molecule has 1 amide bonds. The average Bonchev–Trinajstić information content (AvgIpc) is 3.58. The van der Waals surface area contributed by atoms with E-state index in [1.807, 2.05) is 58.7 Å². The fourth-order valence-corrected chi connectivity index (χ4v) is 4.75. The number of para-hydroxylation sites is 1. The summed E-state index contributed by atoms with van der Waals surface area (Å²) in [5, 5.41) is 6.78. The molecule has 0 atom stereocenters. The van der Waals surface area contributed by atoms with Crippen LogP contribution in [0.25, 0.3) is 16.3 Å². The summed E-state index contributed by atoms with van der Waals surface area (Å²) in [6, 6.07) is 13.8. The van der Waals surface area contributed by atoms with Gasteiger partial charge in [-0.1, -0.05) is 24.3 Å². The van der Waals surface area contributed by atoms with Gasteiger partial charge in [0.15, 0.2) is 5.78 Å². The van der Waals surface area contributed by atoms with Gasteiger partial charge in [0, 0.05) is 38.0 Å². The number of ether oxygens (including phenoxy) is 1. The van der Waals surface area contributed by atoms with E-state index in [-0.39, 0.29) is 23.7 Å². The first-order valence-electron chi connectivity index (χ1n) is 11.0. The maximum atomic E-state index is 13.2. The van der Waals surface area contributed by atoms with Crippen LogP contribution in [0, 0.1) is 6.92 Å². The minimum atomic E-state index is -0.583. The number of methoxy groups -OCH3 is 1. The van der Waals surface area contributed by atoms with Crippen molar-refractivity contribution in [1.29, 1.82) is 0 Å². The van der Waals surface area contributed by atoms with Gasteiger partial charge in [-0.3, -0.25) is 9.59 Å². The third-order valence-corrected chi connectivity index (χ3v) is 6.67. The number of rotatable bonds is 8. The van der Waals surface area contributed by atoms with Gasteiger partial charge in [-0.25, -0.2) is 9.48 Å². The topological polar surface area (TPSA) is 97.3 Å². The van der Waals surface area contributed by atoms with E-state index in [1.165, 1.54) is 14.0 Å². The van der Waals surface area contributed by atoms with Crippen LogP contribution in [0.5, 0.6) is 0 Å². The van der Waals surface area contributed by atoms with Crippen molar-refractivity contribution in [1.82, 2.24) is 19.7 Å². The molecule has 0 aliphatic rings. The van der Waals surface area contributed by atoms with Crippen molar-refractivity contribution in [3.63, 3.8) is 0 Å². The standard InChI is InChI=1S/C26H26N4O4S/c1-16-23(26(33)34-4)20(27-24(16)17(2)31)13-22(32)29(3)14-18-15-30(19-9-6-5-7-10-19)28-25(18)21-11-8-12-35-21/h5-12,15,27H,13-14H2,1-4H3. The van der Waals surface area contributed by atoms with Crippen LogP contribution in [0.15, 0.2) is 54.0 Å². The molecular formula is C26H26N4O4S. The van der Waals surface area contributed by atoms with Gasteiger partial charge in [-0.2, -0.15) is 5.10 Å². The van der Waals surface area contributed by atoms with Gasteiger partial charge in [0.25, 0.3) is 0 Å². The number of carbonyl (C=O) groups is 3. The van der Waals surface area contributed by atoms with Crippen LogP contribution in [0.2, 0.25) is 0 Å². The zero-order valence-electron chi connectivity index (χ0n) is 20.0. The van der Waals surface area contributed by atoms with Crippen LogP contribution >= 0.6 is 11.3 Å². The molecule has 4 aromatic rings. The SMILES string of the molecule is COC(=O)c1c(CC(=O)N(C)Cc2cn(-c3ccccc3)nc2-c2cccs2)[nH]c(C(C)=O)c1C. The Morgan fingerprint density at radius 2 is 1.89 bits per heavy atom. The lowest BCUT2D eigenvalue weighted by molar-refractivity contribution is -0.129. The zero-order chi connectivity index (χ0) is 25.1. The van der Waals surface area contributed by atoms with Crippen molar-refractivity contribution in [2.75, 3.05) is 14.2 Å². The number of esters is 1. The summed E-state index contributed by atoms with van der Waals surface area (Å²) in [6.45, 7) is 3.41. The van der Waals surface area contributed by atoms with Crippen LogP contribution < -0.4 is 0 Å². The number of aromatic nitrogens is 3. The summed E-state index contributed by atoms with van der Waals surface area (Å²) >= 11 is 1.58. The molecule has 1 aromatic carbocycles. The van der Waals surface area contributed by atoms with Crippen molar-refractivity contribution < 1.29 is 19.1 Å². The Kier molecular flexibility index (Phi) is 6.97. The number of carbonyl (C=O) groups excluding carboxylic acids is 3. The Balaban J connectivity index is 1.61. The lowest BCUT2D eigenvalue weighted by atomic mass is 10.1. The molecule has 3 heterocycles. The Morgan fingerprint density at radius 3 is 2.51 bits per heavy atom. The van der Waals surface area contributed by atoms with Gasteiger partial charge < -0.3 is 14.6 Å². The number of benzene rings is 1. The van der Waals surface area contributed by atoms with Crippen molar-refractivity contribution >= 4 is 29.0 Å². The molecule has 0 spiro atoms. The van der Waals surface area contributed by atoms with Gasteiger partial charge in [0.1, 0.15) is 5.69 Å². The third-order valence-electron chi connectivity index (χ3n) is 5.80. The second-order valence-electron chi connectivity index (χ2n) is 8.21. The van der Waals surface area contributed by atoms with Crippen molar-refractivity contribution in [3.05, 3.63) is 82.1 Å². The molecule has 3 aromatic heterocycles. The lowest BCUT2D eigenvalue weighted by Crippen LogP contribution is -2.28. The highest BCUT2D eigenvalue weighted by molar-refractivity contribution is 7.13. The minimum Gasteiger partial charge on any atom is -0.465 e. The maximum absolute atomic E-state index is 13.2. The highest BCUT2D eigenvalue weighted by Crippen LogP contribution is 2.29. The average molecular weight is 491 g/mol. The number of hydrogen-bond donors (Lipinski definition) is 1. The Hall–Kier alpha value is -3.98. The summed E-state index contributed by atoms with van der Waals surface area (Å²) in [6.07, 6.45) is 1.86. The van der Waals surface area contributed by atoms with Gasteiger partial charge in [0.05, 0.1) is 35.4 Å². The molecule has 8 nitrogen and oxygen atoms in total. The number of likely N-dealkylation sites (N-methyl/N-ethyl adjacent to an activating group) is 1. The Morgan fingerprint density at radius 1 is 1.14 bits per heavy atom. The number of H-pyrrole nitrogens is 1. The summed E-state index contributed by atoms with van der Waals surface area (Å²) < 4.78 is 6.70. The first kappa shape index (κ1) is 24.2. The van der Waals surface area contributed by atoms with Crippen LogP contribution in [0.3, 0.4) is 0 Å². The first-order valence-corrected chi connectivity index (χ1v) is 11.9. The number of ketones is 1. The van der Waals surface area contributed by atoms with Crippen LogP contribution in [0.4, 0.5) is 0 Å². The highest BCUT2D eigenvalue weighted by atomic mass is 32.1. The maximum Gasteiger partial charge on any atom is 0.339 e. The molecule has 0 fully saturated rings. The second kappa shape index (κ2) is 10.1. The molecular weight excluding hydrogens is 464 g/mol. The van der Waals surface area contributed by atoms with E-state index < -0.39 is 5.97 Å². The number of Topliss-reactive ketones (excluding diaryl/α,β-unsaturated/α-hetero) is 1. The summed E-state index contributed by atoms with van der Waals surface area (Å²) in [4.78, 5) is 43.1. The summed E-state index contributed by atoms with van der Waals surface area (Å²) in [5.41, 5.74) is 4.03. The number of aromatic amines is 1. The van der Waals surface area contributed by atoms with E-state index in [2.05, 4.69) is 4.98 Å². The molecule has 1 N–H and O–H groups in total. The Labute approximate surface area is 207 Å². The van der Waals surface area contributed by atoms with Gasteiger partial charge in [-0.05, 0) is 36.1 Å². The molecule has 4 rings (SSSR count). The molecule has 9 heteroatoms. The van der Waals surface area contributed by atoms with E-state index in [0.717, 1.165) is 21.8 Å². The summed E-state index contributed by atoms with van der Waals surface area (Å²) in [7, 11) is 2.98. The van der Waals surface area contributed by atoms with Crippen LogP contribution in [-0.2, 0) is 22.5 Å². The van der Waals surface area contributed by atoms with Crippen molar-refractivity contribution in [2.24, 2.45) is 0 Å². The lowest BCUT2D eigenvalue weighted by Gasteiger charge is -2.17. The number of hydrogen-bond acceptors (Lipinski definition) is 6. The zero-order valence-corrected chi connectivity index (χ0v) is 20.8. The molecule has 0 aliphatic carbocycles. The largest absolute Gasteiger partial charge is 0.465 e. The van der Waals surface area contributed by atoms with Gasteiger partial charge in [0.2, 0.25) is 5.91 Å². The highest BCUT2D eigenvalue weighted by Gasteiger charge is 2.26. The van der Waals surface area contributed by atoms with Crippen LogP contribution in [0.1, 0.15) is 44.6 Å². The first-order chi connectivity index (χ1) is 16.8. The molecule has 0 saturated carbocycles. The van der Waals surface area contributed by atoms with Crippen molar-refractivity contribution in [2.45, 2.75) is 26.8 Å². The Bertz CT molecular complexity index is 1370. The fourth-order valence-electron chi connectivity index (χ4n) is 4.01. The molecule has 35 heavy (non-hydrogen) atoms. The van der Waals surface area contributed by atoms with E-state index in [1.54, 1.807) is 30.2 Å². The number of nitrogens with one attached hydrogen (secondary N) is 1. The summed E-state index contributed by atoms with van der Waals surface area (Å²) in [5.74, 6) is -1.01. The number of nitrogens with zero attached hydrogens (tertiary/aromatic N) is 3. The van der Waals surface area contributed by atoms with Crippen molar-refractivity contribution in [3.8, 4) is 16.3 Å². The monoisotopic (exact) mass is 490 g/mol. The molecule has 0 saturated heterocycles. The van der Waals surface area contributed by atoms with Crippen LogP contribution in [-0.4, -0.2) is 51.5 Å². The molecule has 0 unspecified atom stereocenters. The predicted octanol–water partition coefficient (Wildman–Crippen LogP) is 4.43. The third kappa shape index (κ3) is 4.95. The number of thiophene rings is 1. The predicted molar refractivity (Wildman–Crippen MR) is 134 cm³/mol. The normalized spacial score (nSPS) is 10.9. The molecule has 0 bridgehead atoms. The molecule has 0 aliphatic heterocycles. The smallest absolute Gasteiger partial charge is 0.339 e. The van der Waals surface area contributed by atoms with E-state index in [4.69, 9.17) is 9.84 Å². The van der Waals surface area contributed by atoms with E-state index in [9.17, 15) is 14.4 Å². The molecule has 180 valence electrons. The second-order valence-corrected chi connectivity index (χ2v) is 9.16. The van der Waals surface area contributed by atoms with Gasteiger partial charge >= 0.3 is 5.97 Å². The molecule has 0 radical (unpaired) electrons. The van der Waals surface area contributed by atoms with E-state index >= 15 is 0 Å².